The molecule has 0 aliphatic rings. The van der Waals surface area contributed by atoms with Crippen LogP contribution in [-0.2, 0) is 11.2 Å². The van der Waals surface area contributed by atoms with E-state index in [0.717, 1.165) is 18.4 Å². The SMILES string of the molecule is CCCCNC(=O)CCc1ccc(OC)c(F)c1. The van der Waals surface area contributed by atoms with Crippen molar-refractivity contribution in [1.82, 2.24) is 5.32 Å². The molecule has 1 aromatic rings. The highest BCUT2D eigenvalue weighted by Crippen LogP contribution is 2.18. The van der Waals surface area contributed by atoms with E-state index in [1.807, 2.05) is 0 Å². The van der Waals surface area contributed by atoms with Gasteiger partial charge in [0.05, 0.1) is 7.11 Å². The summed E-state index contributed by atoms with van der Waals surface area (Å²) in [5.41, 5.74) is 0.805. The van der Waals surface area contributed by atoms with Crippen LogP contribution >= 0.6 is 0 Å². The Hall–Kier alpha value is -1.58. The van der Waals surface area contributed by atoms with Gasteiger partial charge in [-0.25, -0.2) is 4.39 Å². The molecule has 0 atom stereocenters. The lowest BCUT2D eigenvalue weighted by Crippen LogP contribution is -2.24. The summed E-state index contributed by atoms with van der Waals surface area (Å²) in [5, 5.41) is 2.83. The Morgan fingerprint density at radius 3 is 2.83 bits per heavy atom. The van der Waals surface area contributed by atoms with Crippen LogP contribution in [0.5, 0.6) is 5.75 Å². The van der Waals surface area contributed by atoms with Crippen LogP contribution in [0.15, 0.2) is 18.2 Å². The molecule has 0 aliphatic carbocycles. The zero-order valence-corrected chi connectivity index (χ0v) is 11.0. The molecule has 0 heterocycles. The van der Waals surface area contributed by atoms with E-state index in [1.165, 1.54) is 13.2 Å². The van der Waals surface area contributed by atoms with Crippen LogP contribution in [0.25, 0.3) is 0 Å². The Morgan fingerprint density at radius 2 is 2.22 bits per heavy atom. The molecule has 100 valence electrons. The third kappa shape index (κ3) is 4.73. The van der Waals surface area contributed by atoms with Gasteiger partial charge in [0.2, 0.25) is 5.91 Å². The van der Waals surface area contributed by atoms with E-state index < -0.39 is 0 Å². The number of hydrogen-bond donors (Lipinski definition) is 1. The van der Waals surface area contributed by atoms with Crippen molar-refractivity contribution in [2.24, 2.45) is 0 Å². The highest BCUT2D eigenvalue weighted by atomic mass is 19.1. The van der Waals surface area contributed by atoms with E-state index in [0.29, 0.717) is 19.4 Å². The molecule has 1 aromatic carbocycles. The van der Waals surface area contributed by atoms with E-state index in [2.05, 4.69) is 12.2 Å². The zero-order chi connectivity index (χ0) is 13.4. The average molecular weight is 253 g/mol. The molecule has 1 N–H and O–H groups in total. The molecule has 0 aromatic heterocycles. The fraction of sp³-hybridized carbons (Fsp3) is 0.500. The van der Waals surface area contributed by atoms with Crippen molar-refractivity contribution in [2.45, 2.75) is 32.6 Å². The summed E-state index contributed by atoms with van der Waals surface area (Å²) < 4.78 is 18.2. The fourth-order valence-corrected chi connectivity index (χ4v) is 1.62. The lowest BCUT2D eigenvalue weighted by molar-refractivity contribution is -0.121. The predicted molar refractivity (Wildman–Crippen MR) is 69.2 cm³/mol. The maximum Gasteiger partial charge on any atom is 0.220 e. The van der Waals surface area contributed by atoms with Crippen LogP contribution in [0.1, 0.15) is 31.7 Å². The topological polar surface area (TPSA) is 38.3 Å². The first kappa shape index (κ1) is 14.5. The normalized spacial score (nSPS) is 10.2. The number of hydrogen-bond acceptors (Lipinski definition) is 2. The Labute approximate surface area is 107 Å². The number of methoxy groups -OCH3 is 1. The van der Waals surface area contributed by atoms with Gasteiger partial charge < -0.3 is 10.1 Å². The van der Waals surface area contributed by atoms with Gasteiger partial charge in [-0.1, -0.05) is 19.4 Å². The molecule has 3 nitrogen and oxygen atoms in total. The molecule has 1 amide bonds. The third-order valence-corrected chi connectivity index (χ3v) is 2.71. The quantitative estimate of drug-likeness (QED) is 0.759. The minimum Gasteiger partial charge on any atom is -0.494 e. The Balaban J connectivity index is 2.39. The van der Waals surface area contributed by atoms with E-state index >= 15 is 0 Å². The van der Waals surface area contributed by atoms with E-state index in [4.69, 9.17) is 4.74 Å². The molecule has 18 heavy (non-hydrogen) atoms. The monoisotopic (exact) mass is 253 g/mol. The minimum atomic E-state index is -0.388. The van der Waals surface area contributed by atoms with Gasteiger partial charge in [-0.15, -0.1) is 0 Å². The van der Waals surface area contributed by atoms with Crippen molar-refractivity contribution in [3.8, 4) is 5.75 Å². The molecule has 0 aliphatic heterocycles. The van der Waals surface area contributed by atoms with Crippen LogP contribution in [0.4, 0.5) is 4.39 Å². The first-order valence-electron chi connectivity index (χ1n) is 6.26. The van der Waals surface area contributed by atoms with Gasteiger partial charge in [-0.05, 0) is 30.5 Å². The predicted octanol–water partition coefficient (Wildman–Crippen LogP) is 2.68. The summed E-state index contributed by atoms with van der Waals surface area (Å²) in [6.45, 7) is 2.79. The number of ether oxygens (including phenoxy) is 1. The molecule has 0 saturated heterocycles. The summed E-state index contributed by atoms with van der Waals surface area (Å²) in [5.74, 6) is -0.146. The van der Waals surface area contributed by atoms with Gasteiger partial charge in [0.15, 0.2) is 11.6 Å². The second-order valence-corrected chi connectivity index (χ2v) is 4.17. The minimum absolute atomic E-state index is 0.0136. The van der Waals surface area contributed by atoms with Crippen LogP contribution in [-0.4, -0.2) is 19.6 Å². The number of carbonyl (C=O) groups is 1. The van der Waals surface area contributed by atoms with Crippen molar-refractivity contribution >= 4 is 5.91 Å². The van der Waals surface area contributed by atoms with Gasteiger partial charge in [-0.3, -0.25) is 4.79 Å². The Bertz CT molecular complexity index is 393. The standard InChI is InChI=1S/C14H20FNO2/c1-3-4-9-16-14(17)8-6-11-5-7-13(18-2)12(15)10-11/h5,7,10H,3-4,6,8-9H2,1-2H3,(H,16,17). The maximum absolute atomic E-state index is 13.4. The van der Waals surface area contributed by atoms with Gasteiger partial charge in [0, 0.05) is 13.0 Å². The van der Waals surface area contributed by atoms with Crippen LogP contribution in [0.3, 0.4) is 0 Å². The van der Waals surface area contributed by atoms with Crippen molar-refractivity contribution in [3.63, 3.8) is 0 Å². The highest BCUT2D eigenvalue weighted by Gasteiger charge is 2.05. The molecule has 0 bridgehead atoms. The van der Waals surface area contributed by atoms with Crippen LogP contribution in [0.2, 0.25) is 0 Å². The fourth-order valence-electron chi connectivity index (χ4n) is 1.62. The molecular weight excluding hydrogens is 233 g/mol. The first-order chi connectivity index (χ1) is 8.67. The van der Waals surface area contributed by atoms with E-state index in [1.54, 1.807) is 12.1 Å². The lowest BCUT2D eigenvalue weighted by Gasteiger charge is -2.06. The summed E-state index contributed by atoms with van der Waals surface area (Å²) in [6.07, 6.45) is 2.97. The second-order valence-electron chi connectivity index (χ2n) is 4.17. The zero-order valence-electron chi connectivity index (χ0n) is 11.0. The summed E-state index contributed by atoms with van der Waals surface area (Å²) in [7, 11) is 1.43. The van der Waals surface area contributed by atoms with Crippen molar-refractivity contribution < 1.29 is 13.9 Å². The first-order valence-corrected chi connectivity index (χ1v) is 6.26. The smallest absolute Gasteiger partial charge is 0.220 e. The van der Waals surface area contributed by atoms with Crippen molar-refractivity contribution in [3.05, 3.63) is 29.6 Å². The number of benzene rings is 1. The largest absolute Gasteiger partial charge is 0.494 e. The summed E-state index contributed by atoms with van der Waals surface area (Å²) in [4.78, 5) is 11.5. The number of carbonyl (C=O) groups excluding carboxylic acids is 1. The number of unbranched alkanes of at least 4 members (excludes halogenated alkanes) is 1. The van der Waals surface area contributed by atoms with Crippen LogP contribution in [0, 0.1) is 5.82 Å². The molecule has 0 spiro atoms. The summed E-state index contributed by atoms with van der Waals surface area (Å²) >= 11 is 0. The molecule has 1 rings (SSSR count). The highest BCUT2D eigenvalue weighted by molar-refractivity contribution is 5.76. The lowest BCUT2D eigenvalue weighted by atomic mass is 10.1. The van der Waals surface area contributed by atoms with E-state index in [9.17, 15) is 9.18 Å². The molecule has 0 fully saturated rings. The average Bonchev–Trinajstić information content (AvgIpc) is 2.37. The number of nitrogens with one attached hydrogen (secondary N) is 1. The molecular formula is C14H20FNO2. The Morgan fingerprint density at radius 1 is 1.44 bits per heavy atom. The summed E-state index contributed by atoms with van der Waals surface area (Å²) in [6, 6.07) is 4.78. The number of rotatable bonds is 7. The van der Waals surface area contributed by atoms with Gasteiger partial charge in [0.25, 0.3) is 0 Å². The molecule has 0 unspecified atom stereocenters. The van der Waals surface area contributed by atoms with Crippen LogP contribution < -0.4 is 10.1 Å². The Kier molecular flexibility index (Phi) is 6.19. The van der Waals surface area contributed by atoms with Gasteiger partial charge >= 0.3 is 0 Å². The van der Waals surface area contributed by atoms with Gasteiger partial charge in [0.1, 0.15) is 0 Å². The van der Waals surface area contributed by atoms with Crippen molar-refractivity contribution in [1.29, 1.82) is 0 Å². The molecule has 4 heteroatoms. The van der Waals surface area contributed by atoms with Gasteiger partial charge in [-0.2, -0.15) is 0 Å². The van der Waals surface area contributed by atoms with E-state index in [-0.39, 0.29) is 17.5 Å². The van der Waals surface area contributed by atoms with Crippen molar-refractivity contribution in [2.75, 3.05) is 13.7 Å². The number of aryl methyl sites for hydroxylation is 1. The number of amides is 1. The third-order valence-electron chi connectivity index (χ3n) is 2.71. The molecule has 0 saturated carbocycles. The second kappa shape index (κ2) is 7.69. The molecule has 0 radical (unpaired) electrons. The maximum atomic E-state index is 13.4. The number of halogens is 1.